The first-order valence-electron chi connectivity index (χ1n) is 6.85. The van der Waals surface area contributed by atoms with Gasteiger partial charge in [0.05, 0.1) is 13.2 Å². The van der Waals surface area contributed by atoms with Crippen molar-refractivity contribution in [2.75, 3.05) is 26.2 Å². The van der Waals surface area contributed by atoms with E-state index < -0.39 is 0 Å². The lowest BCUT2D eigenvalue weighted by molar-refractivity contribution is -0.144. The first kappa shape index (κ1) is 15.4. The van der Waals surface area contributed by atoms with Crippen molar-refractivity contribution in [3.8, 4) is 0 Å². The molecule has 0 aliphatic heterocycles. The zero-order valence-electron chi connectivity index (χ0n) is 11.8. The number of benzene rings is 1. The van der Waals surface area contributed by atoms with E-state index in [1.165, 1.54) is 5.56 Å². The maximum atomic E-state index is 11.5. The second-order valence-corrected chi connectivity index (χ2v) is 4.35. The molecule has 0 aliphatic rings. The fourth-order valence-electron chi connectivity index (χ4n) is 1.84. The predicted molar refractivity (Wildman–Crippen MR) is 78.8 cm³/mol. The molecule has 0 spiro atoms. The monoisotopic (exact) mass is 261 g/mol. The van der Waals surface area contributed by atoms with E-state index in [1.54, 1.807) is 0 Å². The molecule has 3 nitrogen and oxygen atoms in total. The highest BCUT2D eigenvalue weighted by Gasteiger charge is 2.08. The molecule has 0 atom stereocenters. The summed E-state index contributed by atoms with van der Waals surface area (Å²) in [5.74, 6) is -0.149. The Kier molecular flexibility index (Phi) is 7.59. The van der Waals surface area contributed by atoms with Crippen LogP contribution in [-0.2, 0) is 9.53 Å². The van der Waals surface area contributed by atoms with Gasteiger partial charge >= 0.3 is 5.97 Å². The summed E-state index contributed by atoms with van der Waals surface area (Å²) in [5.41, 5.74) is 1.18. The van der Waals surface area contributed by atoms with Crippen molar-refractivity contribution < 1.29 is 9.53 Å². The van der Waals surface area contributed by atoms with Gasteiger partial charge in [0, 0.05) is 6.54 Å². The van der Waals surface area contributed by atoms with Gasteiger partial charge in [0.15, 0.2) is 0 Å². The third kappa shape index (κ3) is 6.77. The number of hydrogen-bond donors (Lipinski definition) is 0. The number of nitrogens with zero attached hydrogens (tertiary/aromatic N) is 1. The maximum absolute atomic E-state index is 11.5. The van der Waals surface area contributed by atoms with Crippen LogP contribution in [0.15, 0.2) is 36.4 Å². The highest BCUT2D eigenvalue weighted by atomic mass is 16.5. The Bertz CT molecular complexity index is 387. The highest BCUT2D eigenvalue weighted by Crippen LogP contribution is 2.02. The van der Waals surface area contributed by atoms with Crippen molar-refractivity contribution >= 4 is 12.0 Å². The Labute approximate surface area is 115 Å². The molecular formula is C16H23NO2. The van der Waals surface area contributed by atoms with Crippen LogP contribution in [0.25, 0.3) is 6.08 Å². The van der Waals surface area contributed by atoms with Gasteiger partial charge in [-0.05, 0) is 25.5 Å². The average Bonchev–Trinajstić information content (AvgIpc) is 2.40. The van der Waals surface area contributed by atoms with Crippen LogP contribution < -0.4 is 0 Å². The van der Waals surface area contributed by atoms with Crippen LogP contribution in [0.3, 0.4) is 0 Å². The van der Waals surface area contributed by atoms with Crippen molar-refractivity contribution in [2.24, 2.45) is 0 Å². The Hall–Kier alpha value is -1.61. The summed E-state index contributed by atoms with van der Waals surface area (Å²) >= 11 is 0. The summed E-state index contributed by atoms with van der Waals surface area (Å²) in [4.78, 5) is 13.6. The third-order valence-corrected chi connectivity index (χ3v) is 2.67. The van der Waals surface area contributed by atoms with Crippen molar-refractivity contribution in [1.29, 1.82) is 0 Å². The molecule has 0 bridgehead atoms. The first-order valence-corrected chi connectivity index (χ1v) is 6.85. The molecule has 0 fully saturated rings. The van der Waals surface area contributed by atoms with Crippen LogP contribution in [0.2, 0.25) is 0 Å². The summed E-state index contributed by atoms with van der Waals surface area (Å²) in [6.07, 6.45) is 5.19. The molecule has 0 amide bonds. The zero-order valence-corrected chi connectivity index (χ0v) is 11.8. The Balaban J connectivity index is 2.45. The molecule has 0 radical (unpaired) electrons. The van der Waals surface area contributed by atoms with E-state index >= 15 is 0 Å². The van der Waals surface area contributed by atoms with Crippen molar-refractivity contribution in [3.63, 3.8) is 0 Å². The molecule has 3 heteroatoms. The number of ether oxygens (including phenoxy) is 1. The lowest BCUT2D eigenvalue weighted by Crippen LogP contribution is -2.31. The van der Waals surface area contributed by atoms with Crippen LogP contribution in [0.4, 0.5) is 0 Å². The normalized spacial score (nSPS) is 11.1. The molecule has 0 N–H and O–H groups in total. The topological polar surface area (TPSA) is 29.5 Å². The minimum absolute atomic E-state index is 0.149. The molecule has 0 heterocycles. The van der Waals surface area contributed by atoms with Gasteiger partial charge in [0.2, 0.25) is 0 Å². The number of rotatable bonds is 8. The van der Waals surface area contributed by atoms with Crippen LogP contribution in [0.1, 0.15) is 25.8 Å². The zero-order chi connectivity index (χ0) is 13.9. The second-order valence-electron chi connectivity index (χ2n) is 4.35. The maximum Gasteiger partial charge on any atom is 0.320 e. The lowest BCUT2D eigenvalue weighted by Gasteiger charge is -2.18. The number of esters is 1. The van der Waals surface area contributed by atoms with Gasteiger partial charge in [-0.3, -0.25) is 9.69 Å². The van der Waals surface area contributed by atoms with Crippen LogP contribution in [0.5, 0.6) is 0 Å². The van der Waals surface area contributed by atoms with Gasteiger partial charge in [-0.2, -0.15) is 0 Å². The Morgan fingerprint density at radius 3 is 2.63 bits per heavy atom. The predicted octanol–water partition coefficient (Wildman–Crippen LogP) is 2.97. The largest absolute Gasteiger partial charge is 0.465 e. The third-order valence-electron chi connectivity index (χ3n) is 2.67. The molecule has 104 valence electrons. The smallest absolute Gasteiger partial charge is 0.320 e. The molecule has 0 saturated carbocycles. The molecule has 1 aromatic carbocycles. The molecule has 0 unspecified atom stereocenters. The molecule has 0 aromatic heterocycles. The summed E-state index contributed by atoms with van der Waals surface area (Å²) < 4.78 is 4.98. The lowest BCUT2D eigenvalue weighted by atomic mass is 10.2. The standard InChI is InChI=1S/C16H23NO2/c1-3-12-17(14-16(18)19-4-2)13-8-11-15-9-6-5-7-10-15/h5-11H,3-4,12-14H2,1-2H3. The van der Waals surface area contributed by atoms with Gasteiger partial charge in [-0.25, -0.2) is 0 Å². The second kappa shape index (κ2) is 9.34. The van der Waals surface area contributed by atoms with Gasteiger partial charge in [-0.1, -0.05) is 49.4 Å². The molecular weight excluding hydrogens is 238 g/mol. The number of carbonyl (C=O) groups excluding carboxylic acids is 1. The summed E-state index contributed by atoms with van der Waals surface area (Å²) in [5, 5.41) is 0. The van der Waals surface area contributed by atoms with E-state index in [4.69, 9.17) is 4.74 Å². The van der Waals surface area contributed by atoms with Crippen LogP contribution >= 0.6 is 0 Å². The van der Waals surface area contributed by atoms with Gasteiger partial charge in [-0.15, -0.1) is 0 Å². The van der Waals surface area contributed by atoms with Gasteiger partial charge < -0.3 is 4.74 Å². The minimum Gasteiger partial charge on any atom is -0.465 e. The summed E-state index contributed by atoms with van der Waals surface area (Å²) in [7, 11) is 0. The van der Waals surface area contributed by atoms with E-state index in [9.17, 15) is 4.79 Å². The van der Waals surface area contributed by atoms with E-state index in [-0.39, 0.29) is 5.97 Å². The minimum atomic E-state index is -0.149. The summed E-state index contributed by atoms with van der Waals surface area (Å²) in [6, 6.07) is 10.2. The summed E-state index contributed by atoms with van der Waals surface area (Å²) in [6.45, 7) is 6.41. The molecule has 19 heavy (non-hydrogen) atoms. The van der Waals surface area contributed by atoms with E-state index in [0.717, 1.165) is 19.5 Å². The molecule has 1 rings (SSSR count). The van der Waals surface area contributed by atoms with E-state index in [2.05, 4.69) is 36.1 Å². The van der Waals surface area contributed by atoms with Crippen molar-refractivity contribution in [3.05, 3.63) is 42.0 Å². The van der Waals surface area contributed by atoms with Gasteiger partial charge in [0.25, 0.3) is 0 Å². The highest BCUT2D eigenvalue weighted by molar-refractivity contribution is 5.71. The SMILES string of the molecule is CCCN(CC=Cc1ccccc1)CC(=O)OCC. The quantitative estimate of drug-likeness (QED) is 0.674. The van der Waals surface area contributed by atoms with E-state index in [0.29, 0.717) is 13.2 Å². The average molecular weight is 261 g/mol. The van der Waals surface area contributed by atoms with Crippen molar-refractivity contribution in [1.82, 2.24) is 4.90 Å². The van der Waals surface area contributed by atoms with Crippen LogP contribution in [0, 0.1) is 0 Å². The fourth-order valence-corrected chi connectivity index (χ4v) is 1.84. The molecule has 1 aromatic rings. The number of hydrogen-bond acceptors (Lipinski definition) is 3. The fraction of sp³-hybridized carbons (Fsp3) is 0.438. The Morgan fingerprint density at radius 2 is 2.00 bits per heavy atom. The molecule has 0 aliphatic carbocycles. The van der Waals surface area contributed by atoms with E-state index in [1.807, 2.05) is 25.1 Å². The first-order chi connectivity index (χ1) is 9.26. The Morgan fingerprint density at radius 1 is 1.26 bits per heavy atom. The van der Waals surface area contributed by atoms with Crippen molar-refractivity contribution in [2.45, 2.75) is 20.3 Å². The van der Waals surface area contributed by atoms with Gasteiger partial charge in [0.1, 0.15) is 0 Å². The molecule has 0 saturated heterocycles. The number of carbonyl (C=O) groups is 1. The van der Waals surface area contributed by atoms with Crippen LogP contribution in [-0.4, -0.2) is 37.1 Å².